The van der Waals surface area contributed by atoms with Gasteiger partial charge in [0.1, 0.15) is 0 Å². The van der Waals surface area contributed by atoms with Crippen molar-refractivity contribution >= 4 is 68.2 Å². The van der Waals surface area contributed by atoms with E-state index >= 15 is 0 Å². The number of hydrogen-bond donors (Lipinski definition) is 0. The summed E-state index contributed by atoms with van der Waals surface area (Å²) in [5.74, 6) is 0. The maximum atomic E-state index is 2.41. The molecule has 4 heteroatoms. The first-order valence-electron chi connectivity index (χ1n) is 19.6. The summed E-state index contributed by atoms with van der Waals surface area (Å²) in [6.45, 7) is 4.51. The standard InChI is InChI=1S/C50H46N4/c1-3-5-15-37-25-29-39(30-26-37)51-43-17-7-11-21-47(43)53(48-22-12-8-18-44(48)51)41-33-35-42(36-34-41)54-49-23-13-9-19-45(49)52(46-20-10-14-24-50(46)54)40-31-27-38(28-32-40)16-6-4-2/h7-14,17-36H,3-6,15-16H2,1-2H3. The molecule has 2 heterocycles. The second kappa shape index (κ2) is 14.6. The molecule has 0 aromatic heterocycles. The lowest BCUT2D eigenvalue weighted by Gasteiger charge is -2.41. The minimum Gasteiger partial charge on any atom is -0.306 e. The highest BCUT2D eigenvalue weighted by Crippen LogP contribution is 2.56. The summed E-state index contributed by atoms with van der Waals surface area (Å²) in [6, 6.07) is 62.5. The van der Waals surface area contributed by atoms with Crippen molar-refractivity contribution in [3.8, 4) is 0 Å². The van der Waals surface area contributed by atoms with E-state index in [0.717, 1.165) is 47.0 Å². The first-order chi connectivity index (χ1) is 26.7. The van der Waals surface area contributed by atoms with Gasteiger partial charge in [-0.05, 0) is 134 Å². The molecule has 9 rings (SSSR count). The van der Waals surface area contributed by atoms with Crippen molar-refractivity contribution in [3.63, 3.8) is 0 Å². The number of aryl methyl sites for hydroxylation is 2. The van der Waals surface area contributed by atoms with Crippen LogP contribution >= 0.6 is 0 Å². The molecule has 2 aliphatic heterocycles. The van der Waals surface area contributed by atoms with Gasteiger partial charge in [-0.15, -0.1) is 0 Å². The highest BCUT2D eigenvalue weighted by Gasteiger charge is 2.32. The molecule has 0 amide bonds. The van der Waals surface area contributed by atoms with E-state index in [1.54, 1.807) is 0 Å². The average Bonchev–Trinajstić information content (AvgIpc) is 3.24. The molecule has 0 N–H and O–H groups in total. The van der Waals surface area contributed by atoms with E-state index < -0.39 is 0 Å². The summed E-state index contributed by atoms with van der Waals surface area (Å²) in [5, 5.41) is 0. The third-order valence-corrected chi connectivity index (χ3v) is 10.8. The molecule has 0 fully saturated rings. The summed E-state index contributed by atoms with van der Waals surface area (Å²) < 4.78 is 0. The lowest BCUT2D eigenvalue weighted by Crippen LogP contribution is -2.24. The van der Waals surface area contributed by atoms with Crippen LogP contribution in [-0.4, -0.2) is 0 Å². The number of fused-ring (bicyclic) bond motifs is 4. The van der Waals surface area contributed by atoms with Crippen LogP contribution in [0.25, 0.3) is 0 Å². The number of para-hydroxylation sites is 8. The lowest BCUT2D eigenvalue weighted by molar-refractivity contribution is 0.795. The van der Waals surface area contributed by atoms with E-state index in [4.69, 9.17) is 0 Å². The predicted molar refractivity (Wildman–Crippen MR) is 230 cm³/mol. The van der Waals surface area contributed by atoms with E-state index in [0.29, 0.717) is 0 Å². The fourth-order valence-electron chi connectivity index (χ4n) is 8.14. The second-order valence-electron chi connectivity index (χ2n) is 14.4. The van der Waals surface area contributed by atoms with Gasteiger partial charge >= 0.3 is 0 Å². The van der Waals surface area contributed by atoms with Crippen molar-refractivity contribution in [2.45, 2.75) is 52.4 Å². The molecule has 54 heavy (non-hydrogen) atoms. The van der Waals surface area contributed by atoms with Crippen molar-refractivity contribution in [2.75, 3.05) is 19.6 Å². The Morgan fingerprint density at radius 1 is 0.278 bits per heavy atom. The first-order valence-corrected chi connectivity index (χ1v) is 19.6. The van der Waals surface area contributed by atoms with E-state index in [1.165, 1.54) is 70.9 Å². The van der Waals surface area contributed by atoms with Crippen LogP contribution < -0.4 is 19.6 Å². The number of benzene rings is 7. The Bertz CT molecular complexity index is 2120. The molecule has 2 aliphatic rings. The molecule has 0 saturated carbocycles. The van der Waals surface area contributed by atoms with Crippen LogP contribution in [0, 0.1) is 0 Å². The second-order valence-corrected chi connectivity index (χ2v) is 14.4. The molecular weight excluding hydrogens is 657 g/mol. The first kappa shape index (κ1) is 33.6. The normalized spacial score (nSPS) is 12.9. The summed E-state index contributed by atoms with van der Waals surface area (Å²) in [4.78, 5) is 9.63. The topological polar surface area (TPSA) is 13.0 Å². The summed E-state index contributed by atoms with van der Waals surface area (Å²) in [6.07, 6.45) is 7.07. The highest BCUT2D eigenvalue weighted by atomic mass is 15.3. The Morgan fingerprint density at radius 3 is 0.685 bits per heavy atom. The number of anilines is 12. The van der Waals surface area contributed by atoms with Crippen molar-refractivity contribution in [1.29, 1.82) is 0 Å². The third-order valence-electron chi connectivity index (χ3n) is 10.8. The van der Waals surface area contributed by atoms with Gasteiger partial charge in [0.25, 0.3) is 0 Å². The number of hydrogen-bond acceptors (Lipinski definition) is 4. The lowest BCUT2D eigenvalue weighted by atomic mass is 10.0. The van der Waals surface area contributed by atoms with Crippen LogP contribution in [-0.2, 0) is 12.8 Å². The zero-order valence-corrected chi connectivity index (χ0v) is 31.2. The Labute approximate surface area is 320 Å². The molecule has 266 valence electrons. The number of rotatable bonds is 10. The number of unbranched alkanes of at least 4 members (excludes halogenated alkanes) is 2. The quantitative estimate of drug-likeness (QED) is 0.141. The van der Waals surface area contributed by atoms with Gasteiger partial charge in [0.05, 0.1) is 45.5 Å². The van der Waals surface area contributed by atoms with Crippen molar-refractivity contribution in [3.05, 3.63) is 181 Å². The van der Waals surface area contributed by atoms with Crippen LogP contribution in [0.2, 0.25) is 0 Å². The van der Waals surface area contributed by atoms with E-state index in [2.05, 4.69) is 203 Å². The number of nitrogens with zero attached hydrogens (tertiary/aromatic N) is 4. The molecule has 0 atom stereocenters. The van der Waals surface area contributed by atoms with Gasteiger partial charge in [-0.3, -0.25) is 0 Å². The van der Waals surface area contributed by atoms with Crippen molar-refractivity contribution < 1.29 is 0 Å². The Morgan fingerprint density at radius 2 is 0.481 bits per heavy atom. The summed E-state index contributed by atoms with van der Waals surface area (Å²) in [5.41, 5.74) is 16.7. The van der Waals surface area contributed by atoms with Gasteiger partial charge in [-0.25, -0.2) is 0 Å². The molecule has 0 spiro atoms. The van der Waals surface area contributed by atoms with Crippen LogP contribution in [0.1, 0.15) is 50.7 Å². The fourth-order valence-corrected chi connectivity index (χ4v) is 8.14. The Balaban J connectivity index is 1.09. The zero-order valence-electron chi connectivity index (χ0n) is 31.2. The molecule has 4 nitrogen and oxygen atoms in total. The van der Waals surface area contributed by atoms with Crippen LogP contribution in [0.5, 0.6) is 0 Å². The van der Waals surface area contributed by atoms with Gasteiger partial charge in [-0.1, -0.05) is 99.5 Å². The molecule has 7 aromatic rings. The molecule has 0 unspecified atom stereocenters. The largest absolute Gasteiger partial charge is 0.306 e. The predicted octanol–water partition coefficient (Wildman–Crippen LogP) is 14.9. The fraction of sp³-hybridized carbons (Fsp3) is 0.160. The van der Waals surface area contributed by atoms with Crippen LogP contribution in [0.15, 0.2) is 170 Å². The Kier molecular flexibility index (Phi) is 9.10. The molecule has 0 saturated heterocycles. The van der Waals surface area contributed by atoms with E-state index in [-0.39, 0.29) is 0 Å². The highest BCUT2D eigenvalue weighted by molar-refractivity contribution is 6.03. The molecule has 0 bridgehead atoms. The summed E-state index contributed by atoms with van der Waals surface area (Å²) in [7, 11) is 0. The van der Waals surface area contributed by atoms with E-state index in [1.807, 2.05) is 0 Å². The van der Waals surface area contributed by atoms with Crippen LogP contribution in [0.4, 0.5) is 68.2 Å². The maximum Gasteiger partial charge on any atom is 0.0703 e. The molecule has 0 radical (unpaired) electrons. The average molecular weight is 703 g/mol. The maximum absolute atomic E-state index is 2.41. The Hall–Kier alpha value is -6.26. The monoisotopic (exact) mass is 702 g/mol. The van der Waals surface area contributed by atoms with Gasteiger partial charge < -0.3 is 19.6 Å². The zero-order chi connectivity index (χ0) is 36.4. The molecule has 0 aliphatic carbocycles. The van der Waals surface area contributed by atoms with Gasteiger partial charge in [0.15, 0.2) is 0 Å². The van der Waals surface area contributed by atoms with Gasteiger partial charge in [0, 0.05) is 22.7 Å². The van der Waals surface area contributed by atoms with Gasteiger partial charge in [-0.2, -0.15) is 0 Å². The third kappa shape index (κ3) is 5.98. The minimum absolute atomic E-state index is 1.12. The summed E-state index contributed by atoms with van der Waals surface area (Å²) >= 11 is 0. The van der Waals surface area contributed by atoms with Crippen molar-refractivity contribution in [1.82, 2.24) is 0 Å². The molecule has 7 aromatic carbocycles. The van der Waals surface area contributed by atoms with Crippen molar-refractivity contribution in [2.24, 2.45) is 0 Å². The minimum atomic E-state index is 1.12. The smallest absolute Gasteiger partial charge is 0.0703 e. The molecular formula is C50H46N4. The van der Waals surface area contributed by atoms with E-state index in [9.17, 15) is 0 Å². The van der Waals surface area contributed by atoms with Gasteiger partial charge in [0.2, 0.25) is 0 Å². The van der Waals surface area contributed by atoms with Crippen LogP contribution in [0.3, 0.4) is 0 Å². The SMILES string of the molecule is CCCCc1ccc(N2c3ccccc3N(c3ccc(N4c5ccccc5N(c5ccc(CCCC)cc5)c5ccccc54)cc3)c3ccccc32)cc1.